The van der Waals surface area contributed by atoms with E-state index in [-0.39, 0.29) is 0 Å². The molecule has 22 heavy (non-hydrogen) atoms. The molecule has 6 nitrogen and oxygen atoms in total. The van der Waals surface area contributed by atoms with Crippen LogP contribution in [0.4, 0.5) is 9.93 Å². The van der Waals surface area contributed by atoms with Crippen LogP contribution in [0.1, 0.15) is 46.7 Å². The molecular formula is C15H22N2O4S. The van der Waals surface area contributed by atoms with E-state index >= 15 is 0 Å². The second-order valence-corrected chi connectivity index (χ2v) is 6.27. The molecule has 0 aliphatic rings. The van der Waals surface area contributed by atoms with E-state index in [1.807, 2.05) is 6.92 Å². The number of nitrogens with one attached hydrogen (secondary N) is 1. The number of allylic oxidation sites excluding steroid dienone is 1. The third-order valence-corrected chi connectivity index (χ3v) is 3.05. The van der Waals surface area contributed by atoms with E-state index in [2.05, 4.69) is 10.3 Å². The van der Waals surface area contributed by atoms with Crippen LogP contribution in [0.25, 0.3) is 5.57 Å². The Labute approximate surface area is 134 Å². The minimum atomic E-state index is -0.581. The fourth-order valence-electron chi connectivity index (χ4n) is 1.55. The van der Waals surface area contributed by atoms with Crippen molar-refractivity contribution in [3.8, 4) is 0 Å². The largest absolute Gasteiger partial charge is 0.462 e. The predicted molar refractivity (Wildman–Crippen MR) is 86.9 cm³/mol. The van der Waals surface area contributed by atoms with Crippen LogP contribution in [0.5, 0.6) is 0 Å². The maximum Gasteiger partial charge on any atom is 0.413 e. The van der Waals surface area contributed by atoms with Gasteiger partial charge in [-0.1, -0.05) is 13.0 Å². The lowest BCUT2D eigenvalue weighted by Gasteiger charge is -2.18. The summed E-state index contributed by atoms with van der Waals surface area (Å²) in [5.41, 5.74) is 0.303. The number of hydrogen-bond acceptors (Lipinski definition) is 6. The highest BCUT2D eigenvalue weighted by Crippen LogP contribution is 2.23. The first-order chi connectivity index (χ1) is 10.3. The minimum absolute atomic E-state index is 0.299. The number of anilines is 1. The molecule has 0 bridgehead atoms. The van der Waals surface area contributed by atoms with E-state index in [0.29, 0.717) is 29.4 Å². The molecule has 1 aromatic heterocycles. The first-order valence-corrected chi connectivity index (χ1v) is 7.98. The van der Waals surface area contributed by atoms with Gasteiger partial charge in [-0.25, -0.2) is 14.6 Å². The third kappa shape index (κ3) is 5.85. The quantitative estimate of drug-likeness (QED) is 0.657. The van der Waals surface area contributed by atoms with Crippen LogP contribution in [-0.4, -0.2) is 29.3 Å². The normalized spacial score (nSPS) is 12.0. The van der Waals surface area contributed by atoms with Crippen molar-refractivity contribution in [1.29, 1.82) is 0 Å². The summed E-state index contributed by atoms with van der Waals surface area (Å²) < 4.78 is 10.2. The van der Waals surface area contributed by atoms with Gasteiger partial charge < -0.3 is 9.47 Å². The topological polar surface area (TPSA) is 77.5 Å². The fourth-order valence-corrected chi connectivity index (χ4v) is 2.25. The number of aromatic nitrogens is 1. The zero-order valence-electron chi connectivity index (χ0n) is 13.6. The van der Waals surface area contributed by atoms with E-state index in [9.17, 15) is 9.59 Å². The van der Waals surface area contributed by atoms with Crippen molar-refractivity contribution in [3.05, 3.63) is 17.2 Å². The molecule has 0 aliphatic carbocycles. The first kappa shape index (κ1) is 18.2. The lowest BCUT2D eigenvalue weighted by molar-refractivity contribution is -0.136. The van der Waals surface area contributed by atoms with Crippen molar-refractivity contribution in [3.63, 3.8) is 0 Å². The van der Waals surface area contributed by atoms with Crippen LogP contribution >= 0.6 is 11.3 Å². The van der Waals surface area contributed by atoms with Crippen molar-refractivity contribution < 1.29 is 19.1 Å². The average molecular weight is 326 g/mol. The summed E-state index contributed by atoms with van der Waals surface area (Å²) >= 11 is 1.22. The summed E-state index contributed by atoms with van der Waals surface area (Å²) in [7, 11) is 0. The Bertz CT molecular complexity index is 558. The highest BCUT2D eigenvalue weighted by molar-refractivity contribution is 7.14. The number of esters is 1. The van der Waals surface area contributed by atoms with Gasteiger partial charge >= 0.3 is 12.1 Å². The van der Waals surface area contributed by atoms with Crippen LogP contribution in [0, 0.1) is 0 Å². The standard InChI is InChI=1S/C15H22N2O4S/c1-6-8-10(12(18)20-7-2)11-9-22-13(16-11)17-14(19)21-15(3,4)5/h8-9H,6-7H2,1-5H3,(H,16,17,19)/b10-8-. The summed E-state index contributed by atoms with van der Waals surface area (Å²) in [6, 6.07) is 0. The van der Waals surface area contributed by atoms with Crippen molar-refractivity contribution in [2.24, 2.45) is 0 Å². The molecule has 1 rings (SSSR count). The van der Waals surface area contributed by atoms with Gasteiger partial charge in [-0.05, 0) is 34.1 Å². The zero-order chi connectivity index (χ0) is 16.8. The molecule has 0 aliphatic heterocycles. The number of nitrogens with zero attached hydrogens (tertiary/aromatic N) is 1. The number of thiazole rings is 1. The van der Waals surface area contributed by atoms with Crippen LogP contribution < -0.4 is 5.32 Å². The molecule has 0 atom stereocenters. The fraction of sp³-hybridized carbons (Fsp3) is 0.533. The second kappa shape index (κ2) is 7.93. The summed E-state index contributed by atoms with van der Waals surface area (Å²) in [5.74, 6) is -0.418. The highest BCUT2D eigenvalue weighted by atomic mass is 32.1. The van der Waals surface area contributed by atoms with Crippen molar-refractivity contribution >= 4 is 34.1 Å². The Morgan fingerprint density at radius 2 is 2.05 bits per heavy atom. The van der Waals surface area contributed by atoms with Gasteiger partial charge in [0.15, 0.2) is 5.13 Å². The summed E-state index contributed by atoms with van der Waals surface area (Å²) in [4.78, 5) is 27.9. The number of hydrogen-bond donors (Lipinski definition) is 1. The van der Waals surface area contributed by atoms with E-state index in [1.165, 1.54) is 11.3 Å². The summed E-state index contributed by atoms with van der Waals surface area (Å²) in [6.07, 6.45) is 1.86. The van der Waals surface area contributed by atoms with Gasteiger partial charge in [0.2, 0.25) is 0 Å². The van der Waals surface area contributed by atoms with Gasteiger partial charge in [0.1, 0.15) is 5.60 Å². The first-order valence-electron chi connectivity index (χ1n) is 7.10. The highest BCUT2D eigenvalue weighted by Gasteiger charge is 2.19. The number of carbonyl (C=O) groups is 2. The molecule has 0 unspecified atom stereocenters. The van der Waals surface area contributed by atoms with Crippen molar-refractivity contribution in [2.45, 2.75) is 46.6 Å². The Balaban J connectivity index is 2.83. The lowest BCUT2D eigenvalue weighted by atomic mass is 10.2. The molecule has 0 radical (unpaired) electrons. The zero-order valence-corrected chi connectivity index (χ0v) is 14.4. The van der Waals surface area contributed by atoms with Crippen LogP contribution in [0.15, 0.2) is 11.5 Å². The van der Waals surface area contributed by atoms with Crippen molar-refractivity contribution in [2.75, 3.05) is 11.9 Å². The Kier molecular flexibility index (Phi) is 6.55. The van der Waals surface area contributed by atoms with E-state index < -0.39 is 17.7 Å². The maximum atomic E-state index is 11.9. The minimum Gasteiger partial charge on any atom is -0.462 e. The maximum absolute atomic E-state index is 11.9. The van der Waals surface area contributed by atoms with E-state index in [0.717, 1.165) is 0 Å². The Morgan fingerprint density at radius 1 is 1.36 bits per heavy atom. The van der Waals surface area contributed by atoms with Crippen molar-refractivity contribution in [1.82, 2.24) is 4.98 Å². The van der Waals surface area contributed by atoms with Gasteiger partial charge in [-0.15, -0.1) is 11.3 Å². The number of ether oxygens (including phenoxy) is 2. The van der Waals surface area contributed by atoms with E-state index in [4.69, 9.17) is 9.47 Å². The van der Waals surface area contributed by atoms with Crippen LogP contribution in [-0.2, 0) is 14.3 Å². The van der Waals surface area contributed by atoms with Crippen LogP contribution in [0.2, 0.25) is 0 Å². The molecule has 1 aromatic rings. The molecule has 1 N–H and O–H groups in total. The molecule has 7 heteroatoms. The summed E-state index contributed by atoms with van der Waals surface area (Å²) in [6.45, 7) is 9.31. The molecule has 0 saturated heterocycles. The number of carbonyl (C=O) groups excluding carboxylic acids is 2. The Hall–Kier alpha value is -1.89. The SMILES string of the molecule is CC/C=C(\C(=O)OCC)c1csc(NC(=O)OC(C)(C)C)n1. The molecule has 1 heterocycles. The Morgan fingerprint density at radius 3 is 2.59 bits per heavy atom. The second-order valence-electron chi connectivity index (χ2n) is 5.41. The molecule has 0 saturated carbocycles. The molecule has 122 valence electrons. The van der Waals surface area contributed by atoms with Gasteiger partial charge in [0, 0.05) is 5.38 Å². The predicted octanol–water partition coefficient (Wildman–Crippen LogP) is 3.85. The van der Waals surface area contributed by atoms with Gasteiger partial charge in [-0.3, -0.25) is 5.32 Å². The molecular weight excluding hydrogens is 304 g/mol. The monoisotopic (exact) mass is 326 g/mol. The molecule has 0 spiro atoms. The smallest absolute Gasteiger partial charge is 0.413 e. The molecule has 0 fully saturated rings. The molecule has 1 amide bonds. The lowest BCUT2D eigenvalue weighted by Crippen LogP contribution is -2.27. The van der Waals surface area contributed by atoms with E-state index in [1.54, 1.807) is 39.2 Å². The molecule has 0 aromatic carbocycles. The summed E-state index contributed by atoms with van der Waals surface area (Å²) in [5, 5.41) is 4.62. The van der Waals surface area contributed by atoms with Crippen LogP contribution in [0.3, 0.4) is 0 Å². The van der Waals surface area contributed by atoms with Gasteiger partial charge in [0.05, 0.1) is 17.9 Å². The van der Waals surface area contributed by atoms with Gasteiger partial charge in [-0.2, -0.15) is 0 Å². The number of rotatable bonds is 5. The number of amides is 1. The third-order valence-electron chi connectivity index (χ3n) is 2.29. The average Bonchev–Trinajstić information content (AvgIpc) is 2.81. The van der Waals surface area contributed by atoms with Gasteiger partial charge in [0.25, 0.3) is 0 Å².